The number of hydrogen-bond donors (Lipinski definition) is 1. The van der Waals surface area contributed by atoms with Crippen LogP contribution < -0.4 is 4.74 Å². The molecule has 0 saturated heterocycles. The Morgan fingerprint density at radius 3 is 2.56 bits per heavy atom. The molecule has 2 atom stereocenters. The van der Waals surface area contributed by atoms with E-state index in [2.05, 4.69) is 43.4 Å². The predicted octanol–water partition coefficient (Wildman–Crippen LogP) is 4.18. The fourth-order valence-electron chi connectivity index (χ4n) is 2.74. The molecule has 1 saturated carbocycles. The van der Waals surface area contributed by atoms with Crippen LogP contribution in [0.5, 0.6) is 11.5 Å². The van der Waals surface area contributed by atoms with Crippen molar-refractivity contribution in [1.29, 1.82) is 0 Å². The molecule has 2 rings (SSSR count). The molecule has 0 amide bonds. The molecule has 2 unspecified atom stereocenters. The lowest BCUT2D eigenvalue weighted by molar-refractivity contribution is 0.0337. The van der Waals surface area contributed by atoms with Crippen molar-refractivity contribution in [2.45, 2.75) is 37.0 Å². The van der Waals surface area contributed by atoms with Crippen molar-refractivity contribution in [2.75, 3.05) is 7.11 Å². The molecule has 1 aromatic rings. The van der Waals surface area contributed by atoms with E-state index in [0.717, 1.165) is 6.42 Å². The van der Waals surface area contributed by atoms with Crippen molar-refractivity contribution in [3.8, 4) is 11.5 Å². The van der Waals surface area contributed by atoms with Crippen LogP contribution in [0.15, 0.2) is 18.2 Å². The van der Waals surface area contributed by atoms with Gasteiger partial charge in [0.05, 0.1) is 7.11 Å². The molecule has 0 aliphatic heterocycles. The standard InChI is InChI=1S/C15H21IO2/c1-14(2)11(9-15(14,3)16)7-10-5-6-12(17)13(8-10)18-4/h5-6,8,11,17H,7,9H2,1-4H3. The molecule has 0 heterocycles. The van der Waals surface area contributed by atoms with Gasteiger partial charge < -0.3 is 9.84 Å². The van der Waals surface area contributed by atoms with Crippen molar-refractivity contribution < 1.29 is 9.84 Å². The second-order valence-electron chi connectivity index (χ2n) is 6.03. The number of aromatic hydroxyl groups is 1. The highest BCUT2D eigenvalue weighted by molar-refractivity contribution is 14.1. The van der Waals surface area contributed by atoms with Gasteiger partial charge in [0.25, 0.3) is 0 Å². The number of phenols is 1. The van der Waals surface area contributed by atoms with Gasteiger partial charge in [-0.15, -0.1) is 0 Å². The van der Waals surface area contributed by atoms with E-state index >= 15 is 0 Å². The van der Waals surface area contributed by atoms with E-state index in [-0.39, 0.29) is 5.75 Å². The summed E-state index contributed by atoms with van der Waals surface area (Å²) >= 11 is 2.58. The van der Waals surface area contributed by atoms with Crippen LogP contribution in [-0.2, 0) is 6.42 Å². The summed E-state index contributed by atoms with van der Waals surface area (Å²) in [7, 11) is 1.59. The summed E-state index contributed by atoms with van der Waals surface area (Å²) in [6.45, 7) is 7.04. The number of benzene rings is 1. The molecule has 1 aliphatic rings. The Labute approximate surface area is 123 Å². The molecular formula is C15H21IO2. The molecule has 0 radical (unpaired) electrons. The highest BCUT2D eigenvalue weighted by atomic mass is 127. The Bertz CT molecular complexity index is 452. The van der Waals surface area contributed by atoms with Gasteiger partial charge in [0, 0.05) is 3.42 Å². The summed E-state index contributed by atoms with van der Waals surface area (Å²) < 4.78 is 5.56. The van der Waals surface area contributed by atoms with Crippen LogP contribution in [0, 0.1) is 11.3 Å². The van der Waals surface area contributed by atoms with Crippen LogP contribution in [0.1, 0.15) is 32.8 Å². The normalized spacial score (nSPS) is 29.7. The molecule has 0 spiro atoms. The van der Waals surface area contributed by atoms with E-state index in [0.29, 0.717) is 20.5 Å². The number of methoxy groups -OCH3 is 1. The highest BCUT2D eigenvalue weighted by Gasteiger charge is 2.54. The van der Waals surface area contributed by atoms with Crippen LogP contribution in [0.3, 0.4) is 0 Å². The van der Waals surface area contributed by atoms with Gasteiger partial charge in [0.1, 0.15) is 0 Å². The van der Waals surface area contributed by atoms with Crippen molar-refractivity contribution in [1.82, 2.24) is 0 Å². The van der Waals surface area contributed by atoms with E-state index in [1.165, 1.54) is 12.0 Å². The van der Waals surface area contributed by atoms with Crippen LogP contribution >= 0.6 is 22.6 Å². The minimum Gasteiger partial charge on any atom is -0.504 e. The average Bonchev–Trinajstić information content (AvgIpc) is 2.30. The minimum absolute atomic E-state index is 0.216. The first-order valence-electron chi connectivity index (χ1n) is 6.33. The summed E-state index contributed by atoms with van der Waals surface area (Å²) in [5, 5.41) is 9.60. The van der Waals surface area contributed by atoms with Crippen molar-refractivity contribution in [3.63, 3.8) is 0 Å². The third kappa shape index (κ3) is 2.22. The molecule has 18 heavy (non-hydrogen) atoms. The molecule has 1 aromatic carbocycles. The van der Waals surface area contributed by atoms with E-state index in [1.807, 2.05) is 12.1 Å². The Morgan fingerprint density at radius 2 is 2.06 bits per heavy atom. The van der Waals surface area contributed by atoms with E-state index in [1.54, 1.807) is 13.2 Å². The molecule has 100 valence electrons. The predicted molar refractivity (Wildman–Crippen MR) is 82.7 cm³/mol. The molecule has 2 nitrogen and oxygen atoms in total. The zero-order chi connectivity index (χ0) is 13.6. The highest BCUT2D eigenvalue weighted by Crippen LogP contribution is 2.60. The van der Waals surface area contributed by atoms with Gasteiger partial charge in [-0.2, -0.15) is 0 Å². The van der Waals surface area contributed by atoms with Crippen LogP contribution in [0.2, 0.25) is 0 Å². The van der Waals surface area contributed by atoms with Gasteiger partial charge in [-0.05, 0) is 41.9 Å². The van der Waals surface area contributed by atoms with Crippen molar-refractivity contribution in [3.05, 3.63) is 23.8 Å². The Morgan fingerprint density at radius 1 is 1.39 bits per heavy atom. The zero-order valence-corrected chi connectivity index (χ0v) is 13.6. The van der Waals surface area contributed by atoms with E-state index in [4.69, 9.17) is 4.74 Å². The Hall–Kier alpha value is -0.450. The maximum absolute atomic E-state index is 9.60. The van der Waals surface area contributed by atoms with Gasteiger partial charge in [0.15, 0.2) is 11.5 Å². The van der Waals surface area contributed by atoms with Crippen LogP contribution in [0.4, 0.5) is 0 Å². The fraction of sp³-hybridized carbons (Fsp3) is 0.600. The molecule has 3 heteroatoms. The van der Waals surface area contributed by atoms with Crippen molar-refractivity contribution >= 4 is 22.6 Å². The number of halogens is 1. The number of hydrogen-bond acceptors (Lipinski definition) is 2. The summed E-state index contributed by atoms with van der Waals surface area (Å²) in [5.74, 6) is 1.49. The lowest BCUT2D eigenvalue weighted by Crippen LogP contribution is -2.55. The fourth-order valence-corrected chi connectivity index (χ4v) is 3.71. The summed E-state index contributed by atoms with van der Waals surface area (Å²) in [6.07, 6.45) is 2.31. The first-order chi connectivity index (χ1) is 8.28. The number of alkyl halides is 1. The van der Waals surface area contributed by atoms with Gasteiger partial charge in [-0.25, -0.2) is 0 Å². The second-order valence-corrected chi connectivity index (χ2v) is 8.41. The Kier molecular flexibility index (Phi) is 3.56. The first-order valence-corrected chi connectivity index (χ1v) is 7.40. The maximum Gasteiger partial charge on any atom is 0.160 e. The SMILES string of the molecule is COc1cc(CC2CC(C)(I)C2(C)C)ccc1O. The number of rotatable bonds is 3. The lowest BCUT2D eigenvalue weighted by atomic mass is 9.54. The second kappa shape index (κ2) is 4.58. The summed E-state index contributed by atoms with van der Waals surface area (Å²) in [4.78, 5) is 0. The summed E-state index contributed by atoms with van der Waals surface area (Å²) in [5.41, 5.74) is 1.60. The lowest BCUT2D eigenvalue weighted by Gasteiger charge is -2.57. The van der Waals surface area contributed by atoms with Crippen LogP contribution in [0.25, 0.3) is 0 Å². The Balaban J connectivity index is 2.12. The smallest absolute Gasteiger partial charge is 0.160 e. The van der Waals surface area contributed by atoms with E-state index < -0.39 is 0 Å². The molecule has 0 bridgehead atoms. The third-order valence-electron chi connectivity index (χ3n) is 4.72. The molecule has 1 N–H and O–H groups in total. The largest absolute Gasteiger partial charge is 0.504 e. The van der Waals surface area contributed by atoms with Crippen molar-refractivity contribution in [2.24, 2.45) is 11.3 Å². The van der Waals surface area contributed by atoms with Gasteiger partial charge >= 0.3 is 0 Å². The molecule has 1 fully saturated rings. The monoisotopic (exact) mass is 360 g/mol. The number of phenolic OH excluding ortho intramolecular Hbond substituents is 1. The molecule has 0 aromatic heterocycles. The van der Waals surface area contributed by atoms with Gasteiger partial charge in [-0.3, -0.25) is 0 Å². The maximum atomic E-state index is 9.60. The van der Waals surface area contributed by atoms with Gasteiger partial charge in [-0.1, -0.05) is 49.4 Å². The van der Waals surface area contributed by atoms with Gasteiger partial charge in [0.2, 0.25) is 0 Å². The first kappa shape index (κ1) is 14.0. The summed E-state index contributed by atoms with van der Waals surface area (Å²) in [6, 6.07) is 5.67. The molecule has 1 aliphatic carbocycles. The third-order valence-corrected chi connectivity index (χ3v) is 6.55. The zero-order valence-electron chi connectivity index (χ0n) is 11.5. The molecular weight excluding hydrogens is 339 g/mol. The van der Waals surface area contributed by atoms with E-state index in [9.17, 15) is 5.11 Å². The number of ether oxygens (including phenoxy) is 1. The minimum atomic E-state index is 0.216. The average molecular weight is 360 g/mol. The van der Waals surface area contributed by atoms with Crippen LogP contribution in [-0.4, -0.2) is 15.6 Å². The topological polar surface area (TPSA) is 29.5 Å². The quantitative estimate of drug-likeness (QED) is 0.647.